The summed E-state index contributed by atoms with van der Waals surface area (Å²) in [6, 6.07) is 0. The second-order valence-electron chi connectivity index (χ2n) is 12.5. The predicted octanol–water partition coefficient (Wildman–Crippen LogP) is 4.32. The Hall–Kier alpha value is -0.750. The molecule has 6 atom stereocenters. The molecule has 4 aliphatic rings. The molecule has 0 aromatic rings. The molecule has 2 fully saturated rings. The molecule has 32 heavy (non-hydrogen) atoms. The molecule has 4 rings (SSSR count). The zero-order valence-corrected chi connectivity index (χ0v) is 20.7. The fourth-order valence-electron chi connectivity index (χ4n) is 8.46. The van der Waals surface area contributed by atoms with Gasteiger partial charge in [-0.3, -0.25) is 4.79 Å². The zero-order chi connectivity index (χ0) is 23.7. The van der Waals surface area contributed by atoms with Gasteiger partial charge in [0.2, 0.25) is 11.6 Å². The van der Waals surface area contributed by atoms with E-state index in [0.29, 0.717) is 36.2 Å². The number of fused-ring (bicyclic) bond motifs is 4. The van der Waals surface area contributed by atoms with Gasteiger partial charge in [-0.1, -0.05) is 52.5 Å². The van der Waals surface area contributed by atoms with Crippen LogP contribution >= 0.6 is 0 Å². The number of ketones is 1. The minimum atomic E-state index is -2.74. The van der Waals surface area contributed by atoms with Gasteiger partial charge in [-0.25, -0.2) is 0 Å². The summed E-state index contributed by atoms with van der Waals surface area (Å²) in [5.41, 5.74) is 0.168. The van der Waals surface area contributed by atoms with Gasteiger partial charge < -0.3 is 20.4 Å². The van der Waals surface area contributed by atoms with Crippen molar-refractivity contribution in [1.82, 2.24) is 0 Å². The Kier molecular flexibility index (Phi) is 6.02. The molecule has 0 bridgehead atoms. The fraction of sp³-hybridized carbons (Fsp3) is 0.889. The molecule has 0 aliphatic heterocycles. The Morgan fingerprint density at radius 3 is 2.31 bits per heavy atom. The van der Waals surface area contributed by atoms with Crippen LogP contribution in [-0.4, -0.2) is 37.8 Å². The predicted molar refractivity (Wildman–Crippen MR) is 123 cm³/mol. The SMILES string of the molecule is CC(C)CCC[C@@H](C)[C@H]1CC[C@H]2C3=C(C(=O)C[C@]12C)[C@]1(C)C(CC3)CCC(O)(O)C1(O)O. The number of aliphatic hydroxyl groups is 4. The lowest BCUT2D eigenvalue weighted by atomic mass is 9.48. The average molecular weight is 449 g/mol. The second-order valence-corrected chi connectivity index (χ2v) is 12.5. The minimum Gasteiger partial charge on any atom is -0.361 e. The van der Waals surface area contributed by atoms with Crippen LogP contribution in [0.1, 0.15) is 98.8 Å². The van der Waals surface area contributed by atoms with E-state index in [0.717, 1.165) is 31.3 Å². The van der Waals surface area contributed by atoms with Crippen LogP contribution in [-0.2, 0) is 4.79 Å². The van der Waals surface area contributed by atoms with Crippen LogP contribution in [0.25, 0.3) is 0 Å². The zero-order valence-electron chi connectivity index (χ0n) is 20.7. The van der Waals surface area contributed by atoms with Crippen molar-refractivity contribution in [2.75, 3.05) is 0 Å². The third-order valence-corrected chi connectivity index (χ3v) is 10.3. The van der Waals surface area contributed by atoms with Gasteiger partial charge in [0, 0.05) is 18.4 Å². The number of rotatable bonds is 5. The van der Waals surface area contributed by atoms with Gasteiger partial charge in [-0.05, 0) is 74.0 Å². The maximum atomic E-state index is 13.8. The Morgan fingerprint density at radius 2 is 1.66 bits per heavy atom. The summed E-state index contributed by atoms with van der Waals surface area (Å²) in [5.74, 6) is -3.44. The molecule has 4 N–H and O–H groups in total. The highest BCUT2D eigenvalue weighted by molar-refractivity contribution is 5.99. The number of carbonyl (C=O) groups is 1. The summed E-state index contributed by atoms with van der Waals surface area (Å²) in [6.45, 7) is 10.9. The van der Waals surface area contributed by atoms with E-state index in [9.17, 15) is 25.2 Å². The smallest absolute Gasteiger partial charge is 0.228 e. The third kappa shape index (κ3) is 3.29. The van der Waals surface area contributed by atoms with Gasteiger partial charge in [0.15, 0.2) is 5.78 Å². The lowest BCUT2D eigenvalue weighted by Gasteiger charge is -2.60. The molecule has 0 saturated heterocycles. The second kappa shape index (κ2) is 7.90. The number of carbonyl (C=O) groups excluding carboxylic acids is 1. The molecule has 0 aromatic heterocycles. The number of allylic oxidation sites excluding steroid dienone is 1. The molecular weight excluding hydrogens is 404 g/mol. The molecule has 0 spiro atoms. The summed E-state index contributed by atoms with van der Waals surface area (Å²) >= 11 is 0. The van der Waals surface area contributed by atoms with Crippen LogP contribution in [0.15, 0.2) is 11.1 Å². The van der Waals surface area contributed by atoms with E-state index in [1.165, 1.54) is 19.3 Å². The normalized spacial score (nSPS) is 41.3. The standard InChI is InChI=1S/C27H44O5/c1-16(2)7-6-8-17(3)20-11-12-21-19-10-9-18-13-14-26(29,30)27(31,32)25(18,5)23(19)22(28)15-24(20,21)4/h16-18,20-21,29-32H,6-15H2,1-5H3/t17-,18?,20-,21+,24-,25+/m1/s1. The van der Waals surface area contributed by atoms with Crippen LogP contribution in [0, 0.1) is 40.4 Å². The first-order valence-corrected chi connectivity index (χ1v) is 12.9. The van der Waals surface area contributed by atoms with Crippen LogP contribution in [0.5, 0.6) is 0 Å². The average Bonchev–Trinajstić information content (AvgIpc) is 3.02. The van der Waals surface area contributed by atoms with Crippen LogP contribution in [0.3, 0.4) is 0 Å². The summed E-state index contributed by atoms with van der Waals surface area (Å²) in [5, 5.41) is 43.1. The molecule has 0 heterocycles. The molecule has 1 unspecified atom stereocenters. The molecule has 182 valence electrons. The molecule has 4 aliphatic carbocycles. The van der Waals surface area contributed by atoms with Crippen LogP contribution in [0.4, 0.5) is 0 Å². The van der Waals surface area contributed by atoms with Gasteiger partial charge in [0.25, 0.3) is 0 Å². The molecule has 5 heteroatoms. The Labute approximate surface area is 193 Å². The molecule has 2 saturated carbocycles. The summed E-state index contributed by atoms with van der Waals surface area (Å²) in [7, 11) is 0. The fourth-order valence-corrected chi connectivity index (χ4v) is 8.46. The van der Waals surface area contributed by atoms with Crippen LogP contribution in [0.2, 0.25) is 0 Å². The van der Waals surface area contributed by atoms with Crippen molar-refractivity contribution in [3.05, 3.63) is 11.1 Å². The largest absolute Gasteiger partial charge is 0.361 e. The third-order valence-electron chi connectivity index (χ3n) is 10.3. The van der Waals surface area contributed by atoms with Crippen molar-refractivity contribution in [2.45, 2.75) is 110 Å². The number of Topliss-reactive ketones (excluding diaryl/α,β-unsaturated/α-hetero) is 1. The minimum absolute atomic E-state index is 0.00240. The van der Waals surface area contributed by atoms with E-state index < -0.39 is 17.0 Å². The maximum Gasteiger partial charge on any atom is 0.228 e. The van der Waals surface area contributed by atoms with Crippen molar-refractivity contribution < 1.29 is 25.2 Å². The topological polar surface area (TPSA) is 98.0 Å². The van der Waals surface area contributed by atoms with E-state index in [2.05, 4.69) is 27.7 Å². The number of hydrogen-bond donors (Lipinski definition) is 4. The Balaban J connectivity index is 1.69. The van der Waals surface area contributed by atoms with Crippen molar-refractivity contribution >= 4 is 5.78 Å². The van der Waals surface area contributed by atoms with Gasteiger partial charge in [-0.15, -0.1) is 0 Å². The lowest BCUT2D eigenvalue weighted by Crippen LogP contribution is -2.70. The van der Waals surface area contributed by atoms with Gasteiger partial charge in [-0.2, -0.15) is 0 Å². The maximum absolute atomic E-state index is 13.8. The summed E-state index contributed by atoms with van der Waals surface area (Å²) < 4.78 is 0. The first-order valence-electron chi connectivity index (χ1n) is 12.9. The highest BCUT2D eigenvalue weighted by Crippen LogP contribution is 2.67. The molecule has 0 aromatic carbocycles. The van der Waals surface area contributed by atoms with Gasteiger partial charge in [0.05, 0.1) is 5.41 Å². The van der Waals surface area contributed by atoms with Crippen molar-refractivity contribution in [2.24, 2.45) is 40.4 Å². The van der Waals surface area contributed by atoms with Crippen LogP contribution < -0.4 is 0 Å². The monoisotopic (exact) mass is 448 g/mol. The molecule has 5 nitrogen and oxygen atoms in total. The van der Waals surface area contributed by atoms with E-state index in [-0.39, 0.29) is 29.5 Å². The van der Waals surface area contributed by atoms with Gasteiger partial charge >= 0.3 is 0 Å². The molecule has 0 radical (unpaired) electrons. The lowest BCUT2D eigenvalue weighted by molar-refractivity contribution is -0.414. The summed E-state index contributed by atoms with van der Waals surface area (Å²) in [6.07, 6.45) is 8.21. The van der Waals surface area contributed by atoms with Crippen molar-refractivity contribution in [3.8, 4) is 0 Å². The molecular formula is C27H44O5. The summed E-state index contributed by atoms with van der Waals surface area (Å²) in [4.78, 5) is 13.8. The van der Waals surface area contributed by atoms with Crippen molar-refractivity contribution in [1.29, 1.82) is 0 Å². The Morgan fingerprint density at radius 1 is 0.969 bits per heavy atom. The first-order chi connectivity index (χ1) is 14.8. The quantitative estimate of drug-likeness (QED) is 0.470. The number of hydrogen-bond acceptors (Lipinski definition) is 5. The highest BCUT2D eigenvalue weighted by atomic mass is 16.6. The Bertz CT molecular complexity index is 796. The van der Waals surface area contributed by atoms with E-state index >= 15 is 0 Å². The van der Waals surface area contributed by atoms with E-state index in [4.69, 9.17) is 0 Å². The van der Waals surface area contributed by atoms with Crippen molar-refractivity contribution in [3.63, 3.8) is 0 Å². The van der Waals surface area contributed by atoms with Gasteiger partial charge in [0.1, 0.15) is 0 Å². The molecule has 0 amide bonds. The highest BCUT2D eigenvalue weighted by Gasteiger charge is 2.70. The van der Waals surface area contributed by atoms with E-state index in [1.54, 1.807) is 6.92 Å². The first kappa shape index (κ1) is 24.4. The van der Waals surface area contributed by atoms with E-state index in [1.807, 2.05) is 0 Å².